The number of nitrogens with one attached hydrogen (secondary N) is 1. The van der Waals surface area contributed by atoms with Crippen molar-refractivity contribution in [3.05, 3.63) is 0 Å². The number of hydrogen-bond acceptors (Lipinski definition) is 4. The molecule has 1 saturated heterocycles. The molecule has 4 heteroatoms. The van der Waals surface area contributed by atoms with E-state index in [0.29, 0.717) is 6.04 Å². The third kappa shape index (κ3) is 5.94. The molecule has 0 saturated carbocycles. The van der Waals surface area contributed by atoms with E-state index < -0.39 is 0 Å². The second-order valence-electron chi connectivity index (χ2n) is 6.64. The molecule has 122 valence electrons. The van der Waals surface area contributed by atoms with Gasteiger partial charge in [0.05, 0.1) is 6.07 Å². The summed E-state index contributed by atoms with van der Waals surface area (Å²) >= 11 is 0. The molecule has 0 aromatic heterocycles. The highest BCUT2D eigenvalue weighted by atomic mass is 15.2. The van der Waals surface area contributed by atoms with Crippen LogP contribution in [-0.2, 0) is 0 Å². The van der Waals surface area contributed by atoms with Crippen LogP contribution >= 0.6 is 0 Å². The van der Waals surface area contributed by atoms with Crippen molar-refractivity contribution < 1.29 is 0 Å². The highest BCUT2D eigenvalue weighted by Gasteiger charge is 2.27. The van der Waals surface area contributed by atoms with Crippen molar-refractivity contribution >= 4 is 0 Å². The largest absolute Gasteiger partial charge is 0.305 e. The molecule has 0 aromatic carbocycles. The zero-order valence-corrected chi connectivity index (χ0v) is 14.5. The molecule has 1 aliphatic rings. The summed E-state index contributed by atoms with van der Waals surface area (Å²) in [5.74, 6) is 0. The van der Waals surface area contributed by atoms with E-state index in [1.807, 2.05) is 0 Å². The Morgan fingerprint density at radius 3 is 2.71 bits per heavy atom. The summed E-state index contributed by atoms with van der Waals surface area (Å²) in [6, 6.07) is 3.22. The van der Waals surface area contributed by atoms with Crippen molar-refractivity contribution in [2.45, 2.75) is 64.0 Å². The highest BCUT2D eigenvalue weighted by molar-refractivity contribution is 5.06. The van der Waals surface area contributed by atoms with Crippen molar-refractivity contribution in [3.63, 3.8) is 0 Å². The first-order valence-electron chi connectivity index (χ1n) is 8.62. The van der Waals surface area contributed by atoms with Gasteiger partial charge in [-0.1, -0.05) is 13.8 Å². The first-order valence-corrected chi connectivity index (χ1v) is 8.62. The molecule has 2 atom stereocenters. The summed E-state index contributed by atoms with van der Waals surface area (Å²) in [6.07, 6.45) is 6.66. The average Bonchev–Trinajstić information content (AvgIpc) is 2.51. The van der Waals surface area contributed by atoms with Gasteiger partial charge in [-0.15, -0.1) is 0 Å². The lowest BCUT2D eigenvalue weighted by atomic mass is 9.91. The second-order valence-corrected chi connectivity index (χ2v) is 6.64. The fraction of sp³-hybridized carbons (Fsp3) is 0.941. The zero-order valence-electron chi connectivity index (χ0n) is 14.5. The number of rotatable bonds is 9. The number of piperidine rings is 1. The van der Waals surface area contributed by atoms with Crippen LogP contribution in [0.3, 0.4) is 0 Å². The summed E-state index contributed by atoms with van der Waals surface area (Å²) in [5, 5.41) is 13.0. The van der Waals surface area contributed by atoms with Gasteiger partial charge >= 0.3 is 0 Å². The average molecular weight is 294 g/mol. The van der Waals surface area contributed by atoms with Gasteiger partial charge in [0.1, 0.15) is 5.54 Å². The monoisotopic (exact) mass is 294 g/mol. The lowest BCUT2D eigenvalue weighted by Crippen LogP contribution is -2.47. The maximum Gasteiger partial charge on any atom is 0.106 e. The highest BCUT2D eigenvalue weighted by Crippen LogP contribution is 2.19. The Morgan fingerprint density at radius 1 is 1.38 bits per heavy atom. The zero-order chi connectivity index (χ0) is 15.7. The first kappa shape index (κ1) is 18.4. The molecule has 1 rings (SSSR count). The molecule has 0 aliphatic carbocycles. The van der Waals surface area contributed by atoms with Crippen LogP contribution < -0.4 is 5.32 Å². The van der Waals surface area contributed by atoms with Gasteiger partial charge in [-0.25, -0.2) is 0 Å². The summed E-state index contributed by atoms with van der Waals surface area (Å²) in [4.78, 5) is 4.92. The molecule has 1 N–H and O–H groups in total. The third-order valence-electron chi connectivity index (χ3n) is 4.82. The molecule has 21 heavy (non-hydrogen) atoms. The predicted molar refractivity (Wildman–Crippen MR) is 89.3 cm³/mol. The lowest BCUT2D eigenvalue weighted by molar-refractivity contribution is 0.129. The molecule has 0 aromatic rings. The van der Waals surface area contributed by atoms with Gasteiger partial charge in [-0.2, -0.15) is 5.26 Å². The summed E-state index contributed by atoms with van der Waals surface area (Å²) in [5.41, 5.74) is -0.313. The number of likely N-dealkylation sites (tertiary alicyclic amines) is 1. The first-order chi connectivity index (χ1) is 10.1. The standard InChI is InChI=1S/C17H34N4/c1-5-11-19-17(6-2,15-18)10-8-13-21-12-7-9-16(14-21)20(3)4/h16,19H,5-14H2,1-4H3. The normalized spacial score (nSPS) is 23.0. The lowest BCUT2D eigenvalue weighted by Gasteiger charge is -2.36. The van der Waals surface area contributed by atoms with Gasteiger partial charge in [-0.05, 0) is 72.3 Å². The molecule has 0 bridgehead atoms. The Balaban J connectivity index is 2.38. The Labute approximate surface area is 131 Å². The van der Waals surface area contributed by atoms with Crippen LogP contribution in [0.1, 0.15) is 52.4 Å². The SMILES string of the molecule is CCCNC(C#N)(CC)CCCN1CCCC(N(C)C)C1. The van der Waals surface area contributed by atoms with E-state index in [1.165, 1.54) is 25.9 Å². The van der Waals surface area contributed by atoms with Crippen LogP contribution in [0.5, 0.6) is 0 Å². The number of nitriles is 1. The van der Waals surface area contributed by atoms with Gasteiger partial charge in [0.25, 0.3) is 0 Å². The van der Waals surface area contributed by atoms with Gasteiger partial charge in [-0.3, -0.25) is 5.32 Å². The molecule has 1 aliphatic heterocycles. The molecule has 0 spiro atoms. The van der Waals surface area contributed by atoms with E-state index in [1.54, 1.807) is 0 Å². The topological polar surface area (TPSA) is 42.3 Å². The maximum atomic E-state index is 9.52. The number of hydrogen-bond donors (Lipinski definition) is 1. The van der Waals surface area contributed by atoms with E-state index in [0.717, 1.165) is 38.8 Å². The van der Waals surface area contributed by atoms with Crippen molar-refractivity contribution in [2.75, 3.05) is 40.3 Å². The fourth-order valence-corrected chi connectivity index (χ4v) is 3.19. The van der Waals surface area contributed by atoms with E-state index >= 15 is 0 Å². The summed E-state index contributed by atoms with van der Waals surface area (Å²) < 4.78 is 0. The quantitative estimate of drug-likeness (QED) is 0.709. The maximum absolute atomic E-state index is 9.52. The van der Waals surface area contributed by atoms with Crippen molar-refractivity contribution in [1.29, 1.82) is 5.26 Å². The van der Waals surface area contributed by atoms with Crippen molar-refractivity contribution in [1.82, 2.24) is 15.1 Å². The van der Waals surface area contributed by atoms with E-state index in [2.05, 4.69) is 49.1 Å². The van der Waals surface area contributed by atoms with E-state index in [9.17, 15) is 5.26 Å². The fourth-order valence-electron chi connectivity index (χ4n) is 3.19. The van der Waals surface area contributed by atoms with Gasteiger partial charge < -0.3 is 9.80 Å². The molecule has 2 unspecified atom stereocenters. The third-order valence-corrected chi connectivity index (χ3v) is 4.82. The minimum atomic E-state index is -0.313. The van der Waals surface area contributed by atoms with Crippen LogP contribution in [0, 0.1) is 11.3 Å². The van der Waals surface area contributed by atoms with Crippen LogP contribution in [-0.4, -0.2) is 61.7 Å². The van der Waals surface area contributed by atoms with Gasteiger partial charge in [0.2, 0.25) is 0 Å². The van der Waals surface area contributed by atoms with Crippen molar-refractivity contribution in [2.24, 2.45) is 0 Å². The minimum Gasteiger partial charge on any atom is -0.305 e. The smallest absolute Gasteiger partial charge is 0.106 e. The molecule has 0 amide bonds. The van der Waals surface area contributed by atoms with Crippen LogP contribution in [0.4, 0.5) is 0 Å². The Morgan fingerprint density at radius 2 is 2.14 bits per heavy atom. The molecule has 1 fully saturated rings. The van der Waals surface area contributed by atoms with Crippen LogP contribution in [0.15, 0.2) is 0 Å². The molecule has 4 nitrogen and oxygen atoms in total. The molecule has 0 radical (unpaired) electrons. The van der Waals surface area contributed by atoms with Gasteiger partial charge in [0, 0.05) is 12.6 Å². The Bertz CT molecular complexity index is 323. The summed E-state index contributed by atoms with van der Waals surface area (Å²) in [7, 11) is 4.36. The number of likely N-dealkylation sites (N-methyl/N-ethyl adjacent to an activating group) is 1. The predicted octanol–water partition coefficient (Wildman–Crippen LogP) is 2.46. The van der Waals surface area contributed by atoms with Gasteiger partial charge in [0.15, 0.2) is 0 Å². The summed E-state index contributed by atoms with van der Waals surface area (Å²) in [6.45, 7) is 8.74. The molecular weight excluding hydrogens is 260 g/mol. The van der Waals surface area contributed by atoms with Crippen LogP contribution in [0.2, 0.25) is 0 Å². The molecule has 1 heterocycles. The minimum absolute atomic E-state index is 0.313. The van der Waals surface area contributed by atoms with E-state index in [-0.39, 0.29) is 5.54 Å². The number of nitrogens with zero attached hydrogens (tertiary/aromatic N) is 3. The Hall–Kier alpha value is -0.630. The van der Waals surface area contributed by atoms with E-state index in [4.69, 9.17) is 0 Å². The van der Waals surface area contributed by atoms with Crippen molar-refractivity contribution in [3.8, 4) is 6.07 Å². The Kier molecular flexibility index (Phi) is 8.24. The molecular formula is C17H34N4. The van der Waals surface area contributed by atoms with Crippen LogP contribution in [0.25, 0.3) is 0 Å². The second kappa shape index (κ2) is 9.40.